The minimum atomic E-state index is -0.209. The van der Waals surface area contributed by atoms with Crippen molar-refractivity contribution in [2.75, 3.05) is 0 Å². The van der Waals surface area contributed by atoms with Gasteiger partial charge in [0.25, 0.3) is 5.91 Å². The van der Waals surface area contributed by atoms with Crippen LogP contribution >= 0.6 is 0 Å². The standard InChI is InChI=1S/C18H18N2O/c1-14-8-10-17(11-9-14)18(21)20-19-13-15(2)12-16-6-4-3-5-7-16/h3-13H,1-2H3,(H,20,21)/b15-12+,19-13+. The molecule has 0 radical (unpaired) electrons. The minimum Gasteiger partial charge on any atom is -0.267 e. The van der Waals surface area contributed by atoms with Gasteiger partial charge in [-0.1, -0.05) is 54.1 Å². The van der Waals surface area contributed by atoms with Crippen molar-refractivity contribution in [3.63, 3.8) is 0 Å². The Bertz CT molecular complexity index is 655. The van der Waals surface area contributed by atoms with Crippen LogP contribution in [0.2, 0.25) is 0 Å². The van der Waals surface area contributed by atoms with E-state index in [2.05, 4.69) is 10.5 Å². The summed E-state index contributed by atoms with van der Waals surface area (Å²) < 4.78 is 0. The number of hydrazone groups is 1. The number of carbonyl (C=O) groups excluding carboxylic acids is 1. The van der Waals surface area contributed by atoms with E-state index in [4.69, 9.17) is 0 Å². The normalized spacial score (nSPS) is 11.6. The fourth-order valence-electron chi connectivity index (χ4n) is 1.81. The molecule has 0 aliphatic rings. The summed E-state index contributed by atoms with van der Waals surface area (Å²) in [6.07, 6.45) is 3.64. The van der Waals surface area contributed by atoms with E-state index in [-0.39, 0.29) is 5.91 Å². The van der Waals surface area contributed by atoms with E-state index in [1.54, 1.807) is 18.3 Å². The van der Waals surface area contributed by atoms with E-state index in [0.29, 0.717) is 5.56 Å². The van der Waals surface area contributed by atoms with Gasteiger partial charge in [-0.25, -0.2) is 5.43 Å². The second kappa shape index (κ2) is 7.20. The first-order chi connectivity index (χ1) is 10.1. The molecule has 2 rings (SSSR count). The van der Waals surface area contributed by atoms with Crippen LogP contribution in [0.3, 0.4) is 0 Å². The molecule has 0 heterocycles. The first kappa shape index (κ1) is 14.7. The quantitative estimate of drug-likeness (QED) is 0.670. The zero-order valence-corrected chi connectivity index (χ0v) is 12.2. The van der Waals surface area contributed by atoms with Crippen molar-refractivity contribution >= 4 is 18.2 Å². The van der Waals surface area contributed by atoms with E-state index in [1.807, 2.05) is 62.4 Å². The van der Waals surface area contributed by atoms with Crippen molar-refractivity contribution < 1.29 is 4.79 Å². The van der Waals surface area contributed by atoms with E-state index >= 15 is 0 Å². The van der Waals surface area contributed by atoms with Gasteiger partial charge in [-0.05, 0) is 37.1 Å². The number of hydrogen-bond acceptors (Lipinski definition) is 2. The number of benzene rings is 2. The number of amides is 1. The Labute approximate surface area is 125 Å². The Balaban J connectivity index is 1.94. The van der Waals surface area contributed by atoms with Crippen LogP contribution in [0.25, 0.3) is 6.08 Å². The van der Waals surface area contributed by atoms with Gasteiger partial charge in [0.2, 0.25) is 0 Å². The molecule has 0 fully saturated rings. The van der Waals surface area contributed by atoms with Crippen molar-refractivity contribution in [3.05, 3.63) is 76.9 Å². The first-order valence-corrected chi connectivity index (χ1v) is 6.78. The van der Waals surface area contributed by atoms with Crippen molar-refractivity contribution in [3.8, 4) is 0 Å². The molecule has 0 aliphatic heterocycles. The third-order valence-corrected chi connectivity index (χ3v) is 2.94. The zero-order chi connectivity index (χ0) is 15.1. The molecule has 106 valence electrons. The third-order valence-electron chi connectivity index (χ3n) is 2.94. The number of nitrogens with zero attached hydrogens (tertiary/aromatic N) is 1. The Morgan fingerprint density at radius 1 is 1.05 bits per heavy atom. The molecule has 2 aromatic carbocycles. The first-order valence-electron chi connectivity index (χ1n) is 6.78. The van der Waals surface area contributed by atoms with Crippen LogP contribution in [0.4, 0.5) is 0 Å². The lowest BCUT2D eigenvalue weighted by molar-refractivity contribution is 0.0955. The Morgan fingerprint density at radius 3 is 2.38 bits per heavy atom. The molecule has 0 saturated heterocycles. The summed E-state index contributed by atoms with van der Waals surface area (Å²) in [6, 6.07) is 17.3. The van der Waals surface area contributed by atoms with Crippen molar-refractivity contribution in [1.82, 2.24) is 5.43 Å². The summed E-state index contributed by atoms with van der Waals surface area (Å²) in [5, 5.41) is 3.97. The van der Waals surface area contributed by atoms with Crippen LogP contribution < -0.4 is 5.43 Å². The smallest absolute Gasteiger partial charge is 0.267 e. The topological polar surface area (TPSA) is 41.5 Å². The monoisotopic (exact) mass is 278 g/mol. The predicted molar refractivity (Wildman–Crippen MR) is 87.2 cm³/mol. The summed E-state index contributed by atoms with van der Waals surface area (Å²) in [5.74, 6) is -0.209. The summed E-state index contributed by atoms with van der Waals surface area (Å²) in [5.41, 5.74) is 6.31. The number of rotatable bonds is 4. The molecule has 0 spiro atoms. The second-order valence-electron chi connectivity index (χ2n) is 4.86. The van der Waals surface area contributed by atoms with Gasteiger partial charge in [0.05, 0.1) is 6.21 Å². The molecule has 0 atom stereocenters. The Hall–Kier alpha value is -2.68. The van der Waals surface area contributed by atoms with Crippen molar-refractivity contribution in [2.45, 2.75) is 13.8 Å². The number of aryl methyl sites for hydroxylation is 1. The van der Waals surface area contributed by atoms with E-state index in [0.717, 1.165) is 16.7 Å². The Kier molecular flexibility index (Phi) is 5.04. The van der Waals surface area contributed by atoms with Crippen LogP contribution in [0.15, 0.2) is 65.3 Å². The van der Waals surface area contributed by atoms with E-state index in [9.17, 15) is 4.79 Å². The van der Waals surface area contributed by atoms with Crippen molar-refractivity contribution in [1.29, 1.82) is 0 Å². The van der Waals surface area contributed by atoms with Gasteiger partial charge in [0, 0.05) is 5.56 Å². The molecule has 0 saturated carbocycles. The van der Waals surface area contributed by atoms with Gasteiger partial charge >= 0.3 is 0 Å². The summed E-state index contributed by atoms with van der Waals surface area (Å²) in [6.45, 7) is 3.92. The maximum Gasteiger partial charge on any atom is 0.271 e. The number of carbonyl (C=O) groups is 1. The molecule has 3 heteroatoms. The highest BCUT2D eigenvalue weighted by Gasteiger charge is 2.02. The fourth-order valence-corrected chi connectivity index (χ4v) is 1.81. The SMILES string of the molecule is CC(/C=N/NC(=O)c1ccc(C)cc1)=C\c1ccccc1. The molecule has 1 amide bonds. The number of hydrogen-bond donors (Lipinski definition) is 1. The lowest BCUT2D eigenvalue weighted by atomic mass is 10.1. The molecule has 0 bridgehead atoms. The number of allylic oxidation sites excluding steroid dienone is 1. The predicted octanol–water partition coefficient (Wildman–Crippen LogP) is 3.81. The van der Waals surface area contributed by atoms with Gasteiger partial charge in [-0.3, -0.25) is 4.79 Å². The van der Waals surface area contributed by atoms with Gasteiger partial charge in [0.15, 0.2) is 0 Å². The molecule has 0 aromatic heterocycles. The largest absolute Gasteiger partial charge is 0.271 e. The lowest BCUT2D eigenvalue weighted by Crippen LogP contribution is -2.17. The molecule has 0 unspecified atom stereocenters. The van der Waals surface area contributed by atoms with E-state index in [1.165, 1.54) is 0 Å². The fraction of sp³-hybridized carbons (Fsp3) is 0.111. The maximum atomic E-state index is 11.9. The average molecular weight is 278 g/mol. The molecule has 1 N–H and O–H groups in total. The van der Waals surface area contributed by atoms with Gasteiger partial charge in [-0.2, -0.15) is 5.10 Å². The number of nitrogens with one attached hydrogen (secondary N) is 1. The van der Waals surface area contributed by atoms with Crippen LogP contribution in [0.1, 0.15) is 28.4 Å². The highest BCUT2D eigenvalue weighted by atomic mass is 16.2. The van der Waals surface area contributed by atoms with Gasteiger partial charge in [0.1, 0.15) is 0 Å². The molecule has 2 aromatic rings. The molecule has 21 heavy (non-hydrogen) atoms. The third kappa shape index (κ3) is 4.73. The highest BCUT2D eigenvalue weighted by molar-refractivity contribution is 5.95. The zero-order valence-electron chi connectivity index (χ0n) is 12.2. The van der Waals surface area contributed by atoms with Crippen LogP contribution in [-0.4, -0.2) is 12.1 Å². The summed E-state index contributed by atoms with van der Waals surface area (Å²) in [4.78, 5) is 11.9. The minimum absolute atomic E-state index is 0.209. The average Bonchev–Trinajstić information content (AvgIpc) is 2.49. The van der Waals surface area contributed by atoms with Crippen molar-refractivity contribution in [2.24, 2.45) is 5.10 Å². The summed E-state index contributed by atoms with van der Waals surface area (Å²) in [7, 11) is 0. The van der Waals surface area contributed by atoms with E-state index < -0.39 is 0 Å². The van der Waals surface area contributed by atoms with Crippen LogP contribution in [0, 0.1) is 6.92 Å². The summed E-state index contributed by atoms with van der Waals surface area (Å²) >= 11 is 0. The lowest BCUT2D eigenvalue weighted by Gasteiger charge is -2.00. The van der Waals surface area contributed by atoms with Crippen LogP contribution in [-0.2, 0) is 0 Å². The molecular formula is C18H18N2O. The molecular weight excluding hydrogens is 260 g/mol. The van der Waals surface area contributed by atoms with Gasteiger partial charge < -0.3 is 0 Å². The van der Waals surface area contributed by atoms with Crippen LogP contribution in [0.5, 0.6) is 0 Å². The highest BCUT2D eigenvalue weighted by Crippen LogP contribution is 2.05. The molecule has 0 aliphatic carbocycles. The second-order valence-corrected chi connectivity index (χ2v) is 4.86. The Morgan fingerprint density at radius 2 is 1.71 bits per heavy atom. The maximum absolute atomic E-state index is 11.9. The van der Waals surface area contributed by atoms with Gasteiger partial charge in [-0.15, -0.1) is 0 Å². The molecule has 3 nitrogen and oxygen atoms in total.